The first-order chi connectivity index (χ1) is 12.3. The van der Waals surface area contributed by atoms with E-state index in [1.54, 1.807) is 48.5 Å². The lowest BCUT2D eigenvalue weighted by Crippen LogP contribution is -2.20. The molecule has 0 fully saturated rings. The normalized spacial score (nSPS) is 15.9. The van der Waals surface area contributed by atoms with Gasteiger partial charge >= 0.3 is 0 Å². The zero-order chi connectivity index (χ0) is 18.5. The smallest absolute Gasteiger partial charge is 0.216 e. The minimum absolute atomic E-state index is 0.246. The molecule has 0 aromatic heterocycles. The lowest BCUT2D eigenvalue weighted by atomic mass is 10.3. The molecule has 0 unspecified atom stereocenters. The van der Waals surface area contributed by atoms with Gasteiger partial charge in [-0.1, -0.05) is 24.3 Å². The van der Waals surface area contributed by atoms with Crippen molar-refractivity contribution in [2.45, 2.75) is 29.4 Å². The summed E-state index contributed by atoms with van der Waals surface area (Å²) >= 11 is 0. The maximum atomic E-state index is 13.0. The Morgan fingerprint density at radius 2 is 1.19 bits per heavy atom. The van der Waals surface area contributed by atoms with Gasteiger partial charge in [-0.2, -0.15) is 0 Å². The number of rotatable bonds is 2. The standard InChI is InChI=1S/C19H15O4S3/c1-25(20,21)15-12-10-14(11-13-15)24-16-6-2-4-8-18(16)26(22,23)19-9-5-3-7-17(19)24/h2-13H,1H3/q+1. The highest BCUT2D eigenvalue weighted by molar-refractivity contribution is 8.00. The van der Waals surface area contributed by atoms with Crippen LogP contribution in [0.5, 0.6) is 0 Å². The minimum atomic E-state index is -3.56. The first kappa shape index (κ1) is 17.3. The summed E-state index contributed by atoms with van der Waals surface area (Å²) in [5.41, 5.74) is 0. The van der Waals surface area contributed by atoms with Crippen LogP contribution >= 0.6 is 0 Å². The van der Waals surface area contributed by atoms with Crippen LogP contribution in [0.25, 0.3) is 0 Å². The molecule has 0 saturated carbocycles. The Bertz CT molecular complexity index is 1160. The van der Waals surface area contributed by atoms with Gasteiger partial charge in [0.1, 0.15) is 20.7 Å². The Balaban J connectivity index is 1.98. The zero-order valence-electron chi connectivity index (χ0n) is 13.8. The zero-order valence-corrected chi connectivity index (χ0v) is 16.2. The summed E-state index contributed by atoms with van der Waals surface area (Å²) in [6, 6.07) is 20.7. The molecule has 0 atom stereocenters. The molecule has 1 heterocycles. The van der Waals surface area contributed by atoms with Gasteiger partial charge in [-0.3, -0.25) is 0 Å². The van der Waals surface area contributed by atoms with E-state index in [2.05, 4.69) is 0 Å². The first-order valence-corrected chi connectivity index (χ1v) is 12.4. The van der Waals surface area contributed by atoms with Crippen LogP contribution in [0.2, 0.25) is 0 Å². The Labute approximate surface area is 155 Å². The van der Waals surface area contributed by atoms with Crippen molar-refractivity contribution in [1.29, 1.82) is 0 Å². The monoisotopic (exact) mass is 403 g/mol. The van der Waals surface area contributed by atoms with Crippen molar-refractivity contribution in [3.05, 3.63) is 72.8 Å². The lowest BCUT2D eigenvalue weighted by Gasteiger charge is -2.19. The largest absolute Gasteiger partial charge is 0.224 e. The average molecular weight is 404 g/mol. The quantitative estimate of drug-likeness (QED) is 0.482. The van der Waals surface area contributed by atoms with Crippen LogP contribution in [-0.4, -0.2) is 23.1 Å². The summed E-state index contributed by atoms with van der Waals surface area (Å²) in [6.07, 6.45) is 1.17. The molecular formula is C19H15O4S3+. The average Bonchev–Trinajstić information content (AvgIpc) is 2.62. The van der Waals surface area contributed by atoms with Crippen LogP contribution in [0, 0.1) is 0 Å². The van der Waals surface area contributed by atoms with E-state index < -0.39 is 30.6 Å². The van der Waals surface area contributed by atoms with Gasteiger partial charge in [-0.25, -0.2) is 16.8 Å². The van der Waals surface area contributed by atoms with E-state index >= 15 is 0 Å². The van der Waals surface area contributed by atoms with E-state index in [-0.39, 0.29) is 4.90 Å². The molecule has 132 valence electrons. The molecule has 4 nitrogen and oxygen atoms in total. The summed E-state index contributed by atoms with van der Waals surface area (Å²) in [7, 11) is -7.46. The van der Waals surface area contributed by atoms with Crippen molar-refractivity contribution < 1.29 is 16.8 Å². The second-order valence-corrected chi connectivity index (χ2v) is 11.8. The molecule has 26 heavy (non-hydrogen) atoms. The molecule has 0 spiro atoms. The molecule has 0 radical (unpaired) electrons. The van der Waals surface area contributed by atoms with Crippen molar-refractivity contribution in [2.75, 3.05) is 6.26 Å². The van der Waals surface area contributed by atoms with Crippen LogP contribution in [0.15, 0.2) is 102 Å². The Kier molecular flexibility index (Phi) is 3.98. The predicted molar refractivity (Wildman–Crippen MR) is 100 cm³/mol. The van der Waals surface area contributed by atoms with Gasteiger partial charge in [0.25, 0.3) is 0 Å². The van der Waals surface area contributed by atoms with E-state index in [0.29, 0.717) is 9.79 Å². The summed E-state index contributed by atoms with van der Waals surface area (Å²) in [4.78, 5) is 3.23. The number of hydrogen-bond donors (Lipinski definition) is 0. The summed E-state index contributed by atoms with van der Waals surface area (Å²) in [6.45, 7) is 0. The fraction of sp³-hybridized carbons (Fsp3) is 0.0526. The van der Waals surface area contributed by atoms with E-state index in [9.17, 15) is 16.8 Å². The second-order valence-electron chi connectivity index (χ2n) is 5.95. The molecule has 3 aromatic rings. The third-order valence-corrected chi connectivity index (χ3v) is 9.80. The van der Waals surface area contributed by atoms with E-state index in [1.807, 2.05) is 24.3 Å². The van der Waals surface area contributed by atoms with Crippen molar-refractivity contribution in [1.82, 2.24) is 0 Å². The Morgan fingerprint density at radius 3 is 1.65 bits per heavy atom. The molecule has 1 aliphatic rings. The summed E-state index contributed by atoms with van der Waals surface area (Å²) in [5, 5.41) is 0. The highest BCUT2D eigenvalue weighted by Gasteiger charge is 2.44. The van der Waals surface area contributed by atoms with Crippen molar-refractivity contribution >= 4 is 30.6 Å². The third-order valence-electron chi connectivity index (χ3n) is 4.20. The molecule has 4 rings (SSSR count). The highest BCUT2D eigenvalue weighted by atomic mass is 32.2. The Morgan fingerprint density at radius 1 is 0.731 bits per heavy atom. The van der Waals surface area contributed by atoms with Crippen LogP contribution in [0.3, 0.4) is 0 Å². The summed E-state index contributed by atoms with van der Waals surface area (Å²) in [5.74, 6) is 0. The molecule has 0 aliphatic carbocycles. The van der Waals surface area contributed by atoms with Crippen molar-refractivity contribution in [3.8, 4) is 0 Å². The van der Waals surface area contributed by atoms with Gasteiger partial charge in [0.05, 0.1) is 4.90 Å². The highest BCUT2D eigenvalue weighted by Crippen LogP contribution is 2.44. The van der Waals surface area contributed by atoms with E-state index in [4.69, 9.17) is 0 Å². The van der Waals surface area contributed by atoms with Crippen molar-refractivity contribution in [3.63, 3.8) is 0 Å². The van der Waals surface area contributed by atoms with Gasteiger partial charge in [0, 0.05) is 6.26 Å². The number of fused-ring (bicyclic) bond motifs is 2. The Hall–Kier alpha value is -2.09. The van der Waals surface area contributed by atoms with Crippen LogP contribution in [0.1, 0.15) is 0 Å². The lowest BCUT2D eigenvalue weighted by molar-refractivity contribution is 0.590. The maximum Gasteiger partial charge on any atom is 0.216 e. The van der Waals surface area contributed by atoms with Gasteiger partial charge in [0.15, 0.2) is 24.5 Å². The van der Waals surface area contributed by atoms with E-state index in [1.165, 1.54) is 6.26 Å². The minimum Gasteiger partial charge on any atom is -0.224 e. The molecular weight excluding hydrogens is 388 g/mol. The second kappa shape index (κ2) is 5.97. The molecule has 3 aromatic carbocycles. The number of hydrogen-bond acceptors (Lipinski definition) is 4. The van der Waals surface area contributed by atoms with Crippen LogP contribution < -0.4 is 0 Å². The van der Waals surface area contributed by atoms with Crippen molar-refractivity contribution in [2.24, 2.45) is 0 Å². The predicted octanol–water partition coefficient (Wildman–Crippen LogP) is 3.33. The van der Waals surface area contributed by atoms with Gasteiger partial charge in [0.2, 0.25) is 9.84 Å². The maximum absolute atomic E-state index is 13.0. The summed E-state index contributed by atoms with van der Waals surface area (Å²) < 4.78 is 49.4. The van der Waals surface area contributed by atoms with Crippen LogP contribution in [0.4, 0.5) is 0 Å². The SMILES string of the molecule is CS(=O)(=O)c1ccc([S+]2c3ccccc3S(=O)(=O)c3ccccc32)cc1. The number of sulfone groups is 2. The molecule has 0 saturated heterocycles. The van der Waals surface area contributed by atoms with Gasteiger partial charge < -0.3 is 0 Å². The van der Waals surface area contributed by atoms with Gasteiger partial charge in [-0.05, 0) is 48.5 Å². The topological polar surface area (TPSA) is 68.3 Å². The van der Waals surface area contributed by atoms with Gasteiger partial charge in [-0.15, -0.1) is 0 Å². The van der Waals surface area contributed by atoms with E-state index in [0.717, 1.165) is 14.7 Å². The molecule has 0 N–H and O–H groups in total. The molecule has 0 amide bonds. The fourth-order valence-electron chi connectivity index (χ4n) is 3.00. The fourth-order valence-corrected chi connectivity index (χ4v) is 8.32. The number of benzene rings is 3. The van der Waals surface area contributed by atoms with Crippen LogP contribution in [-0.2, 0) is 30.6 Å². The molecule has 1 aliphatic heterocycles. The third kappa shape index (κ3) is 2.67. The molecule has 7 heteroatoms. The first-order valence-electron chi connectivity index (χ1n) is 7.78. The molecule has 0 bridgehead atoms.